The van der Waals surface area contributed by atoms with Gasteiger partial charge in [0.15, 0.2) is 0 Å². The van der Waals surface area contributed by atoms with Gasteiger partial charge in [-0.1, -0.05) is 25.5 Å². The van der Waals surface area contributed by atoms with E-state index in [-0.39, 0.29) is 40.9 Å². The molecule has 0 bridgehead atoms. The van der Waals surface area contributed by atoms with E-state index in [4.69, 9.17) is 9.47 Å². The van der Waals surface area contributed by atoms with E-state index in [1.165, 1.54) is 19.4 Å². The largest absolute Gasteiger partial charge is 0.462 e. The Hall–Kier alpha value is -1.36. The van der Waals surface area contributed by atoms with Gasteiger partial charge >= 0.3 is 11.9 Å². The molecule has 4 rings (SSSR count). The minimum Gasteiger partial charge on any atom is -0.462 e. The zero-order valence-electron chi connectivity index (χ0n) is 19.1. The first-order valence-electron chi connectivity index (χ1n) is 11.8. The summed E-state index contributed by atoms with van der Waals surface area (Å²) in [6.45, 7) is 9.65. The molecule has 1 N–H and O–H groups in total. The molecule has 168 valence electrons. The number of aliphatic hydroxyl groups is 1. The lowest BCUT2D eigenvalue weighted by Crippen LogP contribution is -2.51. The van der Waals surface area contributed by atoms with Gasteiger partial charge < -0.3 is 14.6 Å². The van der Waals surface area contributed by atoms with E-state index in [9.17, 15) is 14.7 Å². The first kappa shape index (κ1) is 21.9. The Balaban J connectivity index is 1.57. The van der Waals surface area contributed by atoms with E-state index in [1.54, 1.807) is 0 Å². The lowest BCUT2D eigenvalue weighted by Gasteiger charge is -2.58. The Bertz CT molecular complexity index is 744. The Morgan fingerprint density at radius 1 is 1.13 bits per heavy atom. The maximum Gasteiger partial charge on any atom is 0.302 e. The molecule has 0 aliphatic heterocycles. The fraction of sp³-hybridized carbons (Fsp3) is 0.840. The molecular weight excluding hydrogens is 380 g/mol. The minimum absolute atomic E-state index is 0.00485. The summed E-state index contributed by atoms with van der Waals surface area (Å²) >= 11 is 0. The van der Waals surface area contributed by atoms with Crippen LogP contribution in [-0.2, 0) is 19.1 Å². The summed E-state index contributed by atoms with van der Waals surface area (Å²) in [6.07, 6.45) is 8.74. The van der Waals surface area contributed by atoms with Crippen molar-refractivity contribution < 1.29 is 24.2 Å². The highest BCUT2D eigenvalue weighted by molar-refractivity contribution is 5.66. The van der Waals surface area contributed by atoms with E-state index < -0.39 is 6.10 Å². The van der Waals surface area contributed by atoms with Gasteiger partial charge in [0.1, 0.15) is 12.2 Å². The van der Waals surface area contributed by atoms with Gasteiger partial charge in [0, 0.05) is 26.2 Å². The smallest absolute Gasteiger partial charge is 0.302 e. The van der Waals surface area contributed by atoms with Crippen LogP contribution in [0.2, 0.25) is 0 Å². The Morgan fingerprint density at radius 3 is 2.53 bits per heavy atom. The SMILES string of the molecule is CC(=O)O[C@H]1CC[C@@]2(C)C(=CC[C@H]3[C@@H]4CC(O)[C@H]([C@H](C)OC(C)=O)[C@@]4(C)CC[C@@H]32)C1. The quantitative estimate of drug-likeness (QED) is 0.543. The monoisotopic (exact) mass is 418 g/mol. The summed E-state index contributed by atoms with van der Waals surface area (Å²) in [5.74, 6) is 1.19. The highest BCUT2D eigenvalue weighted by Crippen LogP contribution is 2.66. The van der Waals surface area contributed by atoms with Crippen molar-refractivity contribution in [2.75, 3.05) is 0 Å². The maximum absolute atomic E-state index is 11.6. The highest BCUT2D eigenvalue weighted by Gasteiger charge is 2.62. The van der Waals surface area contributed by atoms with Crippen molar-refractivity contribution in [2.45, 2.75) is 97.9 Å². The fourth-order valence-corrected chi connectivity index (χ4v) is 8.20. The number of carbonyl (C=O) groups is 2. The molecule has 4 aliphatic carbocycles. The molecule has 0 aromatic rings. The van der Waals surface area contributed by atoms with Gasteiger partial charge in [-0.3, -0.25) is 9.59 Å². The molecule has 0 amide bonds. The van der Waals surface area contributed by atoms with Crippen molar-refractivity contribution in [2.24, 2.45) is 34.5 Å². The second kappa shape index (κ2) is 7.65. The van der Waals surface area contributed by atoms with E-state index >= 15 is 0 Å². The van der Waals surface area contributed by atoms with Crippen molar-refractivity contribution >= 4 is 11.9 Å². The molecule has 0 aromatic carbocycles. The molecule has 5 nitrogen and oxygen atoms in total. The number of allylic oxidation sites excluding steroid dienone is 1. The van der Waals surface area contributed by atoms with Crippen LogP contribution in [0.1, 0.15) is 79.6 Å². The van der Waals surface area contributed by atoms with Crippen LogP contribution < -0.4 is 0 Å². The molecule has 5 heteroatoms. The molecular formula is C25H38O5. The Kier molecular flexibility index (Phi) is 5.57. The predicted molar refractivity (Wildman–Crippen MR) is 113 cm³/mol. The van der Waals surface area contributed by atoms with E-state index in [0.717, 1.165) is 44.9 Å². The predicted octanol–water partition coefficient (Wildman–Crippen LogP) is 4.42. The summed E-state index contributed by atoms with van der Waals surface area (Å²) in [5.41, 5.74) is 1.66. The summed E-state index contributed by atoms with van der Waals surface area (Å²) in [6, 6.07) is 0. The van der Waals surface area contributed by atoms with Crippen molar-refractivity contribution in [3.05, 3.63) is 11.6 Å². The highest BCUT2D eigenvalue weighted by atomic mass is 16.5. The van der Waals surface area contributed by atoms with Gasteiger partial charge in [0.05, 0.1) is 6.10 Å². The van der Waals surface area contributed by atoms with E-state index in [1.807, 2.05) is 6.92 Å². The minimum atomic E-state index is -0.411. The topological polar surface area (TPSA) is 72.8 Å². The molecule has 30 heavy (non-hydrogen) atoms. The average molecular weight is 419 g/mol. The molecule has 0 saturated heterocycles. The van der Waals surface area contributed by atoms with Crippen LogP contribution in [0.3, 0.4) is 0 Å². The van der Waals surface area contributed by atoms with Crippen LogP contribution in [0, 0.1) is 34.5 Å². The third-order valence-electron chi connectivity index (χ3n) is 9.36. The second-order valence-corrected chi connectivity index (χ2v) is 10.9. The second-order valence-electron chi connectivity index (χ2n) is 10.9. The number of hydrogen-bond acceptors (Lipinski definition) is 5. The van der Waals surface area contributed by atoms with Crippen molar-refractivity contribution in [1.29, 1.82) is 0 Å². The third kappa shape index (κ3) is 3.41. The van der Waals surface area contributed by atoms with Crippen LogP contribution in [0.5, 0.6) is 0 Å². The van der Waals surface area contributed by atoms with Crippen molar-refractivity contribution in [3.63, 3.8) is 0 Å². The molecule has 3 saturated carbocycles. The van der Waals surface area contributed by atoms with E-state index in [2.05, 4.69) is 19.9 Å². The molecule has 9 atom stereocenters. The van der Waals surface area contributed by atoms with Gasteiger partial charge in [-0.05, 0) is 74.0 Å². The van der Waals surface area contributed by atoms with Crippen LogP contribution in [0.15, 0.2) is 11.6 Å². The number of rotatable bonds is 3. The molecule has 3 fully saturated rings. The standard InChI is InChI=1S/C25H38O5/c1-14(29-15(2)26)23-22(28)13-21-19-7-6-17-12-18(30-16(3)27)8-10-24(17,4)20(19)9-11-25(21,23)5/h6,14,18-23,28H,7-13H2,1-5H3/t14-,18-,19+,20-,21-,22?,23-,24-,25-/m0/s1. The number of fused-ring (bicyclic) bond motifs is 5. The van der Waals surface area contributed by atoms with Crippen molar-refractivity contribution in [3.8, 4) is 0 Å². The van der Waals surface area contributed by atoms with Crippen LogP contribution in [0.25, 0.3) is 0 Å². The number of ether oxygens (including phenoxy) is 2. The number of aliphatic hydroxyl groups excluding tert-OH is 1. The van der Waals surface area contributed by atoms with Gasteiger partial charge in [-0.2, -0.15) is 0 Å². The maximum atomic E-state index is 11.6. The molecule has 0 radical (unpaired) electrons. The Labute approximate surface area is 180 Å². The summed E-state index contributed by atoms with van der Waals surface area (Å²) < 4.78 is 11.1. The normalized spacial score (nSPS) is 46.0. The zero-order chi connectivity index (χ0) is 21.8. The Morgan fingerprint density at radius 2 is 1.87 bits per heavy atom. The van der Waals surface area contributed by atoms with Crippen molar-refractivity contribution in [1.82, 2.24) is 0 Å². The summed E-state index contributed by atoms with van der Waals surface area (Å²) in [7, 11) is 0. The number of esters is 2. The first-order valence-corrected chi connectivity index (χ1v) is 11.8. The zero-order valence-corrected chi connectivity index (χ0v) is 19.1. The first-order chi connectivity index (χ1) is 14.1. The third-order valence-corrected chi connectivity index (χ3v) is 9.36. The molecule has 0 heterocycles. The number of hydrogen-bond donors (Lipinski definition) is 1. The summed E-state index contributed by atoms with van der Waals surface area (Å²) in [5, 5.41) is 11.0. The van der Waals surface area contributed by atoms with Gasteiger partial charge in [-0.25, -0.2) is 0 Å². The molecule has 0 aromatic heterocycles. The average Bonchev–Trinajstić information content (AvgIpc) is 2.91. The van der Waals surface area contributed by atoms with Crippen LogP contribution in [-0.4, -0.2) is 35.4 Å². The number of carbonyl (C=O) groups excluding carboxylic acids is 2. The van der Waals surface area contributed by atoms with Gasteiger partial charge in [0.25, 0.3) is 0 Å². The summed E-state index contributed by atoms with van der Waals surface area (Å²) in [4.78, 5) is 23.0. The molecule has 0 spiro atoms. The molecule has 4 aliphatic rings. The lowest BCUT2D eigenvalue weighted by molar-refractivity contribution is -0.156. The molecule has 1 unspecified atom stereocenters. The fourth-order valence-electron chi connectivity index (χ4n) is 8.20. The van der Waals surface area contributed by atoms with Crippen LogP contribution >= 0.6 is 0 Å². The van der Waals surface area contributed by atoms with Gasteiger partial charge in [0.2, 0.25) is 0 Å². The van der Waals surface area contributed by atoms with E-state index in [0.29, 0.717) is 17.8 Å². The lowest BCUT2D eigenvalue weighted by atomic mass is 9.47. The van der Waals surface area contributed by atoms with Crippen LogP contribution in [0.4, 0.5) is 0 Å². The van der Waals surface area contributed by atoms with Gasteiger partial charge in [-0.15, -0.1) is 0 Å².